The lowest BCUT2D eigenvalue weighted by Gasteiger charge is -2.13. The second kappa shape index (κ2) is 10.5. The molecule has 0 saturated carbocycles. The van der Waals surface area contributed by atoms with Gasteiger partial charge in [-0.25, -0.2) is 9.98 Å². The second-order valence-electron chi connectivity index (χ2n) is 4.90. The van der Waals surface area contributed by atoms with Crippen LogP contribution in [-0.4, -0.2) is 44.3 Å². The van der Waals surface area contributed by atoms with E-state index in [1.165, 1.54) is 0 Å². The number of pyridine rings is 1. The minimum Gasteiger partial charge on any atom is -0.363 e. The van der Waals surface area contributed by atoms with Gasteiger partial charge in [0.2, 0.25) is 0 Å². The molecule has 0 bridgehead atoms. The van der Waals surface area contributed by atoms with Gasteiger partial charge in [-0.1, -0.05) is 0 Å². The molecule has 0 aliphatic rings. The lowest BCUT2D eigenvalue weighted by atomic mass is 10.2. The zero-order valence-corrected chi connectivity index (χ0v) is 15.8. The van der Waals surface area contributed by atoms with Crippen LogP contribution in [-0.2, 0) is 6.54 Å². The van der Waals surface area contributed by atoms with E-state index in [2.05, 4.69) is 20.6 Å². The first-order chi connectivity index (χ1) is 10.3. The molecule has 1 aromatic rings. The van der Waals surface area contributed by atoms with E-state index in [0.29, 0.717) is 19.0 Å². The van der Waals surface area contributed by atoms with Crippen LogP contribution >= 0.6 is 24.0 Å². The molecule has 2 N–H and O–H groups in total. The average molecular weight is 445 g/mol. The molecule has 0 aromatic carbocycles. The topological polar surface area (TPSA) is 52.6 Å². The van der Waals surface area contributed by atoms with Crippen LogP contribution in [0.4, 0.5) is 19.0 Å². The third-order valence-corrected chi connectivity index (χ3v) is 2.73. The minimum absolute atomic E-state index is 0. The third kappa shape index (κ3) is 9.47. The Bertz CT molecular complexity index is 492. The van der Waals surface area contributed by atoms with Gasteiger partial charge in [0.25, 0.3) is 0 Å². The highest BCUT2D eigenvalue weighted by Gasteiger charge is 2.26. The van der Waals surface area contributed by atoms with Crippen LogP contribution in [0.3, 0.4) is 0 Å². The van der Waals surface area contributed by atoms with Crippen LogP contribution in [0.2, 0.25) is 0 Å². The van der Waals surface area contributed by atoms with E-state index in [0.717, 1.165) is 11.4 Å². The predicted molar refractivity (Wildman–Crippen MR) is 97.5 cm³/mol. The summed E-state index contributed by atoms with van der Waals surface area (Å²) in [6, 6.07) is 3.72. The van der Waals surface area contributed by atoms with Gasteiger partial charge in [0.05, 0.1) is 13.0 Å². The van der Waals surface area contributed by atoms with Gasteiger partial charge in [-0.2, -0.15) is 13.2 Å². The van der Waals surface area contributed by atoms with Crippen LogP contribution in [0.15, 0.2) is 23.3 Å². The van der Waals surface area contributed by atoms with Gasteiger partial charge in [0.15, 0.2) is 5.96 Å². The number of halogens is 4. The first-order valence-electron chi connectivity index (χ1n) is 7.03. The number of guanidine groups is 1. The summed E-state index contributed by atoms with van der Waals surface area (Å²) >= 11 is 0. The van der Waals surface area contributed by atoms with E-state index >= 15 is 0 Å². The van der Waals surface area contributed by atoms with Gasteiger partial charge >= 0.3 is 6.18 Å². The Morgan fingerprint density at radius 3 is 2.57 bits per heavy atom. The highest BCUT2D eigenvalue weighted by atomic mass is 127. The average Bonchev–Trinajstić information content (AvgIpc) is 2.43. The molecule has 23 heavy (non-hydrogen) atoms. The molecule has 0 amide bonds. The van der Waals surface area contributed by atoms with E-state index in [9.17, 15) is 13.2 Å². The number of nitrogens with one attached hydrogen (secondary N) is 2. The maximum absolute atomic E-state index is 12.2. The summed E-state index contributed by atoms with van der Waals surface area (Å²) in [7, 11) is 3.77. The fraction of sp³-hybridized carbons (Fsp3) is 0.571. The smallest absolute Gasteiger partial charge is 0.363 e. The van der Waals surface area contributed by atoms with Crippen molar-refractivity contribution in [3.05, 3.63) is 23.9 Å². The van der Waals surface area contributed by atoms with Gasteiger partial charge in [0, 0.05) is 33.4 Å². The number of rotatable bonds is 6. The van der Waals surface area contributed by atoms with Crippen molar-refractivity contribution in [2.24, 2.45) is 4.99 Å². The van der Waals surface area contributed by atoms with E-state index in [-0.39, 0.29) is 30.5 Å². The molecule has 0 spiro atoms. The van der Waals surface area contributed by atoms with Crippen LogP contribution in [0, 0.1) is 0 Å². The molecular weight excluding hydrogens is 422 g/mol. The lowest BCUT2D eigenvalue weighted by molar-refractivity contribution is -0.132. The number of anilines is 1. The van der Waals surface area contributed by atoms with Gasteiger partial charge in [0.1, 0.15) is 5.82 Å². The van der Waals surface area contributed by atoms with Gasteiger partial charge in [-0.15, -0.1) is 24.0 Å². The summed E-state index contributed by atoms with van der Waals surface area (Å²) in [5.41, 5.74) is 0.937. The zero-order chi connectivity index (χ0) is 16.6. The standard InChI is InChI=1S/C14H22F3N5.HI/c1-4-18-13(20-8-6-14(15,16)17)21-10-11-5-7-19-12(9-11)22(2)3;/h5,7,9H,4,6,8,10H2,1-3H3,(H2,18,20,21);1H. The minimum atomic E-state index is -4.17. The number of hydrogen-bond donors (Lipinski definition) is 2. The first-order valence-corrected chi connectivity index (χ1v) is 7.03. The Balaban J connectivity index is 0.00000484. The summed E-state index contributed by atoms with van der Waals surface area (Å²) in [5.74, 6) is 1.18. The van der Waals surface area contributed by atoms with Crippen molar-refractivity contribution in [2.45, 2.75) is 26.1 Å². The van der Waals surface area contributed by atoms with E-state index < -0.39 is 12.6 Å². The first kappa shape index (κ1) is 21.7. The Kier molecular flexibility index (Phi) is 9.93. The number of hydrogen-bond acceptors (Lipinski definition) is 3. The molecule has 0 radical (unpaired) electrons. The molecule has 0 aliphatic heterocycles. The van der Waals surface area contributed by atoms with Crippen molar-refractivity contribution in [1.29, 1.82) is 0 Å². The van der Waals surface area contributed by atoms with E-state index in [4.69, 9.17) is 0 Å². The van der Waals surface area contributed by atoms with Crippen LogP contribution in [0.25, 0.3) is 0 Å². The van der Waals surface area contributed by atoms with Crippen molar-refractivity contribution in [2.75, 3.05) is 32.1 Å². The maximum Gasteiger partial charge on any atom is 0.390 e. The molecule has 1 aromatic heterocycles. The highest BCUT2D eigenvalue weighted by Crippen LogP contribution is 2.18. The third-order valence-electron chi connectivity index (χ3n) is 2.73. The van der Waals surface area contributed by atoms with Gasteiger partial charge in [-0.05, 0) is 24.6 Å². The normalized spacial score (nSPS) is 11.7. The molecule has 0 fully saturated rings. The van der Waals surface area contributed by atoms with Crippen molar-refractivity contribution in [3.63, 3.8) is 0 Å². The Morgan fingerprint density at radius 1 is 1.30 bits per heavy atom. The number of aromatic nitrogens is 1. The molecule has 0 saturated heterocycles. The van der Waals surface area contributed by atoms with Crippen molar-refractivity contribution in [3.8, 4) is 0 Å². The SMILES string of the molecule is CCNC(=NCc1ccnc(N(C)C)c1)NCCC(F)(F)F.I. The Morgan fingerprint density at radius 2 is 2.00 bits per heavy atom. The Labute approximate surface area is 151 Å². The summed E-state index contributed by atoms with van der Waals surface area (Å²) in [6.07, 6.45) is -3.38. The van der Waals surface area contributed by atoms with Gasteiger partial charge in [-0.3, -0.25) is 0 Å². The molecular formula is C14H23F3IN5. The fourth-order valence-electron chi connectivity index (χ4n) is 1.64. The van der Waals surface area contributed by atoms with Crippen LogP contribution in [0.5, 0.6) is 0 Å². The fourth-order valence-corrected chi connectivity index (χ4v) is 1.64. The molecule has 1 heterocycles. The highest BCUT2D eigenvalue weighted by molar-refractivity contribution is 14.0. The number of alkyl halides is 3. The summed E-state index contributed by atoms with van der Waals surface area (Å²) in [5, 5.41) is 5.60. The molecule has 0 aliphatic carbocycles. The van der Waals surface area contributed by atoms with Crippen LogP contribution < -0.4 is 15.5 Å². The quantitative estimate of drug-likeness (QED) is 0.402. The predicted octanol–water partition coefficient (Wildman–Crippen LogP) is 2.77. The maximum atomic E-state index is 12.2. The molecule has 9 heteroatoms. The van der Waals surface area contributed by atoms with Crippen molar-refractivity contribution < 1.29 is 13.2 Å². The van der Waals surface area contributed by atoms with Crippen molar-refractivity contribution in [1.82, 2.24) is 15.6 Å². The van der Waals surface area contributed by atoms with E-state index in [1.54, 1.807) is 6.20 Å². The lowest BCUT2D eigenvalue weighted by Crippen LogP contribution is -2.38. The monoisotopic (exact) mass is 445 g/mol. The molecule has 1 rings (SSSR count). The molecule has 5 nitrogen and oxygen atoms in total. The second-order valence-corrected chi connectivity index (χ2v) is 4.90. The van der Waals surface area contributed by atoms with Crippen molar-refractivity contribution >= 4 is 35.8 Å². The van der Waals surface area contributed by atoms with Crippen LogP contribution in [0.1, 0.15) is 18.9 Å². The summed E-state index contributed by atoms with van der Waals surface area (Å²) in [6.45, 7) is 2.61. The Hall–Kier alpha value is -1.26. The largest absolute Gasteiger partial charge is 0.390 e. The molecule has 0 unspecified atom stereocenters. The zero-order valence-electron chi connectivity index (χ0n) is 13.4. The summed E-state index contributed by atoms with van der Waals surface area (Å²) < 4.78 is 36.5. The summed E-state index contributed by atoms with van der Waals surface area (Å²) in [4.78, 5) is 10.4. The van der Waals surface area contributed by atoms with Gasteiger partial charge < -0.3 is 15.5 Å². The molecule has 132 valence electrons. The number of aliphatic imine (C=N–C) groups is 1. The molecule has 0 atom stereocenters. The number of nitrogens with zero attached hydrogens (tertiary/aromatic N) is 3. The van der Waals surface area contributed by atoms with E-state index in [1.807, 2.05) is 38.1 Å².